The average Bonchev–Trinajstić information content (AvgIpc) is 3.39. The van der Waals surface area contributed by atoms with Crippen molar-refractivity contribution in [3.8, 4) is 11.5 Å². The van der Waals surface area contributed by atoms with Gasteiger partial charge in [-0.3, -0.25) is 9.59 Å². The van der Waals surface area contributed by atoms with Gasteiger partial charge in [-0.15, -0.1) is 0 Å². The van der Waals surface area contributed by atoms with Crippen LogP contribution in [0, 0.1) is 0 Å². The zero-order valence-electron chi connectivity index (χ0n) is 41.7. The van der Waals surface area contributed by atoms with Crippen LogP contribution >= 0.6 is 28.8 Å². The fraction of sp³-hybridized carbons (Fsp3) is 0.424. The van der Waals surface area contributed by atoms with Crippen molar-refractivity contribution in [2.45, 2.75) is 129 Å². The molecule has 1 saturated heterocycles. The number of hydrogen-bond donors (Lipinski definition) is 1. The topological polar surface area (TPSA) is 105 Å². The molecular formula is C59H72Cl2N3O6P. The Morgan fingerprint density at radius 3 is 1.75 bits per heavy atom. The first kappa shape index (κ1) is 53.6. The number of unbranched alkanes of at least 4 members (excludes halogenated alkanes) is 11. The second-order valence-corrected chi connectivity index (χ2v) is 26.3. The van der Waals surface area contributed by atoms with Crippen molar-refractivity contribution in [1.29, 1.82) is 0 Å². The number of nitrogens with zero attached hydrogens (tertiary/aromatic N) is 2. The summed E-state index contributed by atoms with van der Waals surface area (Å²) in [5, 5.41) is 6.77. The molecular weight excluding hydrogens is 949 g/mol. The smallest absolute Gasteiger partial charge is 0.0465 e. The molecule has 5 aromatic carbocycles. The maximum atomic E-state index is 13.7. The zero-order chi connectivity index (χ0) is 50.1. The van der Waals surface area contributed by atoms with Crippen molar-refractivity contribution in [3.63, 3.8) is 0 Å². The van der Waals surface area contributed by atoms with Crippen LogP contribution in [0.15, 0.2) is 127 Å². The predicted octanol–water partition coefficient (Wildman–Crippen LogP) is 12.7. The van der Waals surface area contributed by atoms with Crippen LogP contribution in [0.4, 0.5) is 5.69 Å². The molecule has 0 aromatic heterocycles. The first-order valence-electron chi connectivity index (χ1n) is 26.0. The molecule has 71 heavy (non-hydrogen) atoms. The molecule has 3 amide bonds. The molecule has 378 valence electrons. The fourth-order valence-corrected chi connectivity index (χ4v) is 16.9. The van der Waals surface area contributed by atoms with Crippen LogP contribution in [0.2, 0.25) is 5.02 Å². The normalized spacial score (nSPS) is 15.7. The third kappa shape index (κ3) is 13.7. The number of rotatable bonds is 25. The van der Waals surface area contributed by atoms with Gasteiger partial charge in [-0.2, -0.15) is 0 Å². The van der Waals surface area contributed by atoms with Crippen LogP contribution in [0.25, 0.3) is 0 Å². The van der Waals surface area contributed by atoms with Crippen molar-refractivity contribution >= 4 is 74.1 Å². The Hall–Kier alpha value is -5.21. The number of amides is 3. The molecule has 1 unspecified atom stereocenters. The number of halogens is 2. The van der Waals surface area contributed by atoms with Crippen LogP contribution in [-0.4, -0.2) is 71.9 Å². The first-order chi connectivity index (χ1) is 34.5. The van der Waals surface area contributed by atoms with Crippen LogP contribution in [0.3, 0.4) is 0 Å². The van der Waals surface area contributed by atoms with Crippen molar-refractivity contribution in [3.05, 3.63) is 144 Å². The van der Waals surface area contributed by atoms with Gasteiger partial charge in [0.2, 0.25) is 5.91 Å². The number of esters is 1. The van der Waals surface area contributed by atoms with Crippen molar-refractivity contribution in [2.24, 2.45) is 0 Å². The number of benzene rings is 5. The van der Waals surface area contributed by atoms with Gasteiger partial charge in [0.25, 0.3) is 0 Å². The number of hydrogen-bond acceptors (Lipinski definition) is 6. The Balaban J connectivity index is 0.867. The second kappa shape index (κ2) is 26.0. The molecule has 1 N–H and O–H groups in total. The minimum absolute atomic E-state index is 0.0347. The van der Waals surface area contributed by atoms with Gasteiger partial charge in [-0.05, 0) is 30.2 Å². The second-order valence-electron chi connectivity index (χ2n) is 19.3. The third-order valence-electron chi connectivity index (χ3n) is 14.3. The standard InChI is InChI=1S/C59H72Cl2N3O6P/c1-3-4-5-6-7-8-9-10-11-12-22-31-56(65)62-46-33-35-51(54(60)42-46)53-44-58(67)70-55-43-47(34-36-52(53)55)69-45(2)59(68)64-39-37-63(38-40-64)57(66)32-23-24-41-71(61,48-25-16-13-17-26-48,49-27-18-14-19-28-49)50-29-20-15-21-30-50/h13-21,25-30,33-36,42-43,45,53H,3-12,22-24,31-32,37-41,44H2,1-2H3,(H,62,65)/t45-,53?/m1/s1. The molecule has 0 radical (unpaired) electrons. The van der Waals surface area contributed by atoms with E-state index in [-0.39, 0.29) is 30.1 Å². The molecule has 0 bridgehead atoms. The Labute approximate surface area is 431 Å². The van der Waals surface area contributed by atoms with Gasteiger partial charge in [-0.1, -0.05) is 94.9 Å². The van der Waals surface area contributed by atoms with Gasteiger partial charge >= 0.3 is 231 Å². The molecule has 5 aromatic rings. The molecule has 0 saturated carbocycles. The molecule has 2 heterocycles. The number of piperazine rings is 1. The van der Waals surface area contributed by atoms with Gasteiger partial charge in [0.15, 0.2) is 0 Å². The summed E-state index contributed by atoms with van der Waals surface area (Å²) in [6, 6.07) is 41.9. The minimum atomic E-state index is -3.41. The van der Waals surface area contributed by atoms with E-state index in [0.717, 1.165) is 58.9 Å². The molecule has 1 fully saturated rings. The van der Waals surface area contributed by atoms with Gasteiger partial charge in [0, 0.05) is 34.7 Å². The van der Waals surface area contributed by atoms with E-state index in [4.69, 9.17) is 32.3 Å². The summed E-state index contributed by atoms with van der Waals surface area (Å²) in [5.74, 6) is -3.57. The van der Waals surface area contributed by atoms with Gasteiger partial charge < -0.3 is 10.1 Å². The van der Waals surface area contributed by atoms with Crippen LogP contribution in [0.1, 0.15) is 134 Å². The molecule has 2 aliphatic heterocycles. The van der Waals surface area contributed by atoms with Crippen LogP contribution in [0.5, 0.6) is 11.5 Å². The summed E-state index contributed by atoms with van der Waals surface area (Å²) in [6.07, 6.45) is 15.8. The van der Waals surface area contributed by atoms with E-state index >= 15 is 0 Å². The van der Waals surface area contributed by atoms with E-state index in [1.165, 1.54) is 51.4 Å². The van der Waals surface area contributed by atoms with Gasteiger partial charge in [-0.25, -0.2) is 0 Å². The monoisotopic (exact) mass is 1020 g/mol. The van der Waals surface area contributed by atoms with Crippen LogP contribution in [-0.2, 0) is 19.2 Å². The quantitative estimate of drug-likeness (QED) is 0.0270. The summed E-state index contributed by atoms with van der Waals surface area (Å²) in [6.45, 7) is 5.64. The summed E-state index contributed by atoms with van der Waals surface area (Å²) in [4.78, 5) is 56.6. The van der Waals surface area contributed by atoms with E-state index in [0.29, 0.717) is 67.7 Å². The number of ether oxygens (including phenoxy) is 2. The number of carbonyl (C=O) groups excluding carboxylic acids is 4. The predicted molar refractivity (Wildman–Crippen MR) is 293 cm³/mol. The minimum Gasteiger partial charge on any atom is -0.0839 e. The fourth-order valence-electron chi connectivity index (χ4n) is 10.3. The largest absolute Gasteiger partial charge is 0.0839 e. The van der Waals surface area contributed by atoms with E-state index < -0.39 is 18.0 Å². The van der Waals surface area contributed by atoms with Crippen molar-refractivity contribution in [2.75, 3.05) is 37.7 Å². The molecule has 2 atom stereocenters. The molecule has 7 rings (SSSR count). The number of nitrogens with one attached hydrogen (secondary N) is 1. The van der Waals surface area contributed by atoms with Gasteiger partial charge in [0.05, 0.1) is 6.42 Å². The molecule has 0 spiro atoms. The maximum Gasteiger partial charge on any atom is 0.0465 e. The maximum absolute atomic E-state index is 13.7. The zero-order valence-corrected chi connectivity index (χ0v) is 44.1. The van der Waals surface area contributed by atoms with E-state index in [2.05, 4.69) is 85.0 Å². The summed E-state index contributed by atoms with van der Waals surface area (Å²) in [7, 11) is 0. The van der Waals surface area contributed by atoms with Gasteiger partial charge in [0.1, 0.15) is 11.5 Å². The van der Waals surface area contributed by atoms with Crippen molar-refractivity contribution in [1.82, 2.24) is 9.80 Å². The van der Waals surface area contributed by atoms with E-state index in [1.54, 1.807) is 30.0 Å². The Kier molecular flexibility index (Phi) is 19.6. The Morgan fingerprint density at radius 2 is 1.18 bits per heavy atom. The molecule has 0 aliphatic carbocycles. The summed E-state index contributed by atoms with van der Waals surface area (Å²) >= 11 is 15.1. The third-order valence-corrected chi connectivity index (χ3v) is 22.2. The van der Waals surface area contributed by atoms with E-state index in [9.17, 15) is 19.2 Å². The number of fused-ring (bicyclic) bond motifs is 1. The SMILES string of the molecule is CCCCCCCCCCCCCC(=O)Nc1ccc(C2CC(=O)Oc3cc(O[C@H](C)C(=O)N4CCN(C(=O)CCCCP(Cl)(c5ccccc5)(c5ccccc5)c5ccccc5)CC4)ccc32)c(Cl)c1. The molecule has 12 heteroatoms. The van der Waals surface area contributed by atoms with E-state index in [1.807, 2.05) is 41.3 Å². The Bertz CT molecular complexity index is 2440. The Morgan fingerprint density at radius 1 is 0.662 bits per heavy atom. The summed E-state index contributed by atoms with van der Waals surface area (Å²) in [5.41, 5.74) is 2.15. The van der Waals surface area contributed by atoms with Crippen molar-refractivity contribution < 1.29 is 28.7 Å². The average molecular weight is 1020 g/mol. The number of anilines is 1. The first-order valence-corrected chi connectivity index (χ1v) is 29.8. The summed E-state index contributed by atoms with van der Waals surface area (Å²) < 4.78 is 11.8. The molecule has 2 aliphatic rings. The molecule has 9 nitrogen and oxygen atoms in total. The van der Waals surface area contributed by atoms with Crippen LogP contribution < -0.4 is 30.7 Å². The number of carbonyl (C=O) groups is 4.